The summed E-state index contributed by atoms with van der Waals surface area (Å²) in [7, 11) is 0. The van der Waals surface area contributed by atoms with E-state index < -0.39 is 11.5 Å². The lowest BCUT2D eigenvalue weighted by atomic mass is 9.97. The van der Waals surface area contributed by atoms with Gasteiger partial charge in [0.15, 0.2) is 5.58 Å². The Kier molecular flexibility index (Phi) is 4.13. The van der Waals surface area contributed by atoms with Gasteiger partial charge in [0.05, 0.1) is 12.1 Å². The van der Waals surface area contributed by atoms with Crippen molar-refractivity contribution in [2.75, 3.05) is 6.61 Å². The molecule has 0 saturated carbocycles. The van der Waals surface area contributed by atoms with E-state index in [0.717, 1.165) is 5.39 Å². The number of aromatic amines is 2. The third-order valence-electron chi connectivity index (χ3n) is 4.77. The molecule has 0 aliphatic carbocycles. The Morgan fingerprint density at radius 2 is 1.97 bits per heavy atom. The second kappa shape index (κ2) is 6.96. The largest absolute Gasteiger partial charge is 0.462 e. The van der Waals surface area contributed by atoms with E-state index in [2.05, 4.69) is 25.6 Å². The Hall–Kier alpha value is -4.27. The fourth-order valence-electron chi connectivity index (χ4n) is 3.52. The average molecular weight is 401 g/mol. The van der Waals surface area contributed by atoms with Crippen LogP contribution >= 0.6 is 0 Å². The predicted octanol–water partition coefficient (Wildman–Crippen LogP) is 3.30. The van der Waals surface area contributed by atoms with Crippen molar-refractivity contribution in [3.8, 4) is 22.5 Å². The number of fused-ring (bicyclic) bond motifs is 3. The molecule has 3 aromatic heterocycles. The summed E-state index contributed by atoms with van der Waals surface area (Å²) < 4.78 is 11.2. The third-order valence-corrected chi connectivity index (χ3v) is 4.77. The molecule has 9 nitrogen and oxygen atoms in total. The summed E-state index contributed by atoms with van der Waals surface area (Å²) in [6.07, 6.45) is 0. The van der Waals surface area contributed by atoms with Crippen molar-refractivity contribution in [2.24, 2.45) is 0 Å². The number of esters is 1. The van der Waals surface area contributed by atoms with Gasteiger partial charge < -0.3 is 14.1 Å². The Bertz CT molecular complexity index is 1450. The van der Waals surface area contributed by atoms with Crippen LogP contribution in [0.2, 0.25) is 0 Å². The number of tetrazole rings is 1. The number of para-hydroxylation sites is 1. The molecule has 0 spiro atoms. The highest BCUT2D eigenvalue weighted by Gasteiger charge is 2.25. The summed E-state index contributed by atoms with van der Waals surface area (Å²) in [5.74, 6) is -0.332. The van der Waals surface area contributed by atoms with E-state index in [-0.39, 0.29) is 12.2 Å². The normalized spacial score (nSPS) is 11.2. The van der Waals surface area contributed by atoms with E-state index in [9.17, 15) is 9.59 Å². The van der Waals surface area contributed by atoms with Crippen molar-refractivity contribution in [1.29, 1.82) is 0 Å². The van der Waals surface area contributed by atoms with Crippen molar-refractivity contribution in [3.63, 3.8) is 0 Å². The quantitative estimate of drug-likeness (QED) is 0.442. The van der Waals surface area contributed by atoms with Crippen LogP contribution in [0.3, 0.4) is 0 Å². The van der Waals surface area contributed by atoms with Gasteiger partial charge in [-0.25, -0.2) is 4.79 Å². The number of rotatable bonds is 4. The summed E-state index contributed by atoms with van der Waals surface area (Å²) in [6, 6.07) is 14.5. The third kappa shape index (κ3) is 2.75. The summed E-state index contributed by atoms with van der Waals surface area (Å²) in [4.78, 5) is 28.5. The second-order valence-electron chi connectivity index (χ2n) is 6.54. The first-order chi connectivity index (χ1) is 14.7. The van der Waals surface area contributed by atoms with E-state index in [0.29, 0.717) is 39.2 Å². The summed E-state index contributed by atoms with van der Waals surface area (Å²) in [5, 5.41) is 14.7. The molecule has 5 rings (SSSR count). The molecule has 0 amide bonds. The lowest BCUT2D eigenvalue weighted by Gasteiger charge is -2.10. The fourth-order valence-corrected chi connectivity index (χ4v) is 3.52. The molecule has 9 heteroatoms. The number of pyridine rings is 1. The zero-order valence-corrected chi connectivity index (χ0v) is 15.8. The van der Waals surface area contributed by atoms with Crippen molar-refractivity contribution in [3.05, 3.63) is 64.4 Å². The van der Waals surface area contributed by atoms with E-state index in [4.69, 9.17) is 9.15 Å². The Labute approximate surface area is 168 Å². The van der Waals surface area contributed by atoms with Gasteiger partial charge in [-0.05, 0) is 35.9 Å². The Balaban J connectivity index is 1.87. The van der Waals surface area contributed by atoms with E-state index in [1.165, 1.54) is 0 Å². The molecule has 148 valence electrons. The van der Waals surface area contributed by atoms with Crippen LogP contribution in [0.1, 0.15) is 17.3 Å². The maximum absolute atomic E-state index is 13.0. The average Bonchev–Trinajstić information content (AvgIpc) is 3.41. The molecule has 0 aliphatic heterocycles. The van der Waals surface area contributed by atoms with Gasteiger partial charge in [0.2, 0.25) is 5.82 Å². The highest BCUT2D eigenvalue weighted by molar-refractivity contribution is 6.12. The minimum absolute atomic E-state index is 0.117. The van der Waals surface area contributed by atoms with Crippen LogP contribution in [-0.4, -0.2) is 38.2 Å². The van der Waals surface area contributed by atoms with Crippen LogP contribution in [0.5, 0.6) is 0 Å². The molecule has 0 radical (unpaired) electrons. The van der Waals surface area contributed by atoms with Gasteiger partial charge in [-0.3, -0.25) is 4.79 Å². The maximum Gasteiger partial charge on any atom is 0.344 e. The first-order valence-corrected chi connectivity index (χ1v) is 9.26. The second-order valence-corrected chi connectivity index (χ2v) is 6.54. The highest BCUT2D eigenvalue weighted by atomic mass is 16.5. The topological polar surface area (TPSA) is 127 Å². The van der Waals surface area contributed by atoms with Gasteiger partial charge in [-0.1, -0.05) is 30.3 Å². The molecule has 0 aliphatic rings. The molecule has 5 aromatic rings. The van der Waals surface area contributed by atoms with E-state index >= 15 is 0 Å². The summed E-state index contributed by atoms with van der Waals surface area (Å²) >= 11 is 0. The molecule has 0 unspecified atom stereocenters. The van der Waals surface area contributed by atoms with Crippen LogP contribution in [0.25, 0.3) is 44.6 Å². The number of hydrogen-bond acceptors (Lipinski definition) is 7. The van der Waals surface area contributed by atoms with Crippen LogP contribution in [-0.2, 0) is 4.74 Å². The number of nitrogens with zero attached hydrogens (tertiary/aromatic N) is 3. The van der Waals surface area contributed by atoms with Crippen LogP contribution < -0.4 is 5.56 Å². The highest BCUT2D eigenvalue weighted by Crippen LogP contribution is 2.36. The number of carbonyl (C=O) groups excluding carboxylic acids is 1. The van der Waals surface area contributed by atoms with Crippen molar-refractivity contribution < 1.29 is 13.9 Å². The van der Waals surface area contributed by atoms with Gasteiger partial charge >= 0.3 is 5.97 Å². The number of nitrogens with one attached hydrogen (secondary N) is 2. The van der Waals surface area contributed by atoms with Gasteiger partial charge in [0.1, 0.15) is 11.1 Å². The Morgan fingerprint density at radius 1 is 1.13 bits per heavy atom. The Morgan fingerprint density at radius 3 is 2.77 bits per heavy atom. The summed E-state index contributed by atoms with van der Waals surface area (Å²) in [5.41, 5.74) is 2.46. The number of benzene rings is 2. The molecule has 0 fully saturated rings. The molecule has 0 saturated heterocycles. The van der Waals surface area contributed by atoms with Crippen molar-refractivity contribution >= 4 is 28.0 Å². The van der Waals surface area contributed by atoms with Crippen LogP contribution in [0.4, 0.5) is 0 Å². The zero-order valence-electron chi connectivity index (χ0n) is 15.8. The van der Waals surface area contributed by atoms with E-state index in [1.54, 1.807) is 37.3 Å². The smallest absolute Gasteiger partial charge is 0.344 e. The molecular weight excluding hydrogens is 386 g/mol. The van der Waals surface area contributed by atoms with Gasteiger partial charge in [-0.2, -0.15) is 5.21 Å². The molecule has 2 aromatic carbocycles. The molecule has 2 N–H and O–H groups in total. The lowest BCUT2D eigenvalue weighted by molar-refractivity contribution is 0.0525. The molecule has 30 heavy (non-hydrogen) atoms. The fraction of sp³-hybridized carbons (Fsp3) is 0.0952. The minimum atomic E-state index is -0.721. The number of hydrogen-bond donors (Lipinski definition) is 2. The first-order valence-electron chi connectivity index (χ1n) is 9.26. The number of furan rings is 1. The molecule has 3 heterocycles. The number of carbonyl (C=O) groups is 1. The summed E-state index contributed by atoms with van der Waals surface area (Å²) in [6.45, 7) is 1.82. The van der Waals surface area contributed by atoms with Crippen LogP contribution in [0.15, 0.2) is 57.7 Å². The maximum atomic E-state index is 13.0. The van der Waals surface area contributed by atoms with Crippen LogP contribution in [0, 0.1) is 0 Å². The monoisotopic (exact) mass is 401 g/mol. The van der Waals surface area contributed by atoms with Gasteiger partial charge in [0.25, 0.3) is 5.56 Å². The van der Waals surface area contributed by atoms with Gasteiger partial charge in [-0.15, -0.1) is 10.2 Å². The molecule has 0 atom stereocenters. The van der Waals surface area contributed by atoms with Crippen molar-refractivity contribution in [2.45, 2.75) is 6.92 Å². The number of aromatic nitrogens is 5. The predicted molar refractivity (Wildman–Crippen MR) is 109 cm³/mol. The number of ether oxygens (including phenoxy) is 1. The van der Waals surface area contributed by atoms with Gasteiger partial charge in [0, 0.05) is 16.5 Å². The number of H-pyrrole nitrogens is 2. The minimum Gasteiger partial charge on any atom is -0.462 e. The molecule has 0 bridgehead atoms. The van der Waals surface area contributed by atoms with E-state index in [1.807, 2.05) is 18.2 Å². The zero-order chi connectivity index (χ0) is 20.7. The molecular formula is C21H15N5O4. The standard InChI is InChI=1S/C21H15N5O4/c1-2-29-21(28)16-15(11-6-5-7-12(10-11)19-23-25-26-24-19)18-17(22-20(16)27)13-8-3-4-9-14(13)30-18/h3-10H,2H2,1H3,(H,22,27)(H,23,24,25,26). The lowest BCUT2D eigenvalue weighted by Crippen LogP contribution is -2.21. The SMILES string of the molecule is CCOC(=O)c1c(-c2cccc(-c3nn[nH]n3)c2)c2oc3ccccc3c2[nH]c1=O. The van der Waals surface area contributed by atoms with Crippen molar-refractivity contribution in [1.82, 2.24) is 25.6 Å². The first kappa shape index (κ1) is 17.8.